The number of hydrogen-bond acceptors (Lipinski definition) is 5. The Kier molecular flexibility index (Phi) is 4.32. The number of thioether (sulfide) groups is 1. The molecule has 1 aliphatic heterocycles. The molecule has 4 nitrogen and oxygen atoms in total. The van der Waals surface area contributed by atoms with Crippen LogP contribution in [0.1, 0.15) is 76.1 Å². The van der Waals surface area contributed by atoms with E-state index in [4.69, 9.17) is 4.42 Å². The minimum atomic E-state index is 0.191. The summed E-state index contributed by atoms with van der Waals surface area (Å²) in [6.07, 6.45) is 13.1. The van der Waals surface area contributed by atoms with Crippen molar-refractivity contribution in [3.05, 3.63) is 36.2 Å². The highest BCUT2D eigenvalue weighted by Crippen LogP contribution is 2.61. The summed E-state index contributed by atoms with van der Waals surface area (Å²) >= 11 is 2.23. The van der Waals surface area contributed by atoms with Crippen LogP contribution in [0.25, 0.3) is 11.5 Å². The van der Waals surface area contributed by atoms with Crippen LogP contribution in [0.2, 0.25) is 0 Å². The van der Waals surface area contributed by atoms with Gasteiger partial charge in [0.2, 0.25) is 11.8 Å². The molecule has 1 aromatic heterocycles. The van der Waals surface area contributed by atoms with Crippen molar-refractivity contribution in [2.24, 2.45) is 0 Å². The van der Waals surface area contributed by atoms with E-state index >= 15 is 0 Å². The van der Waals surface area contributed by atoms with E-state index in [1.807, 2.05) is 30.3 Å². The first-order valence-electron chi connectivity index (χ1n) is 10.2. The minimum absolute atomic E-state index is 0.191. The first kappa shape index (κ1) is 16.8. The fraction of sp³-hybridized carbons (Fsp3) is 0.619. The lowest BCUT2D eigenvalue weighted by Crippen LogP contribution is -2.41. The first-order chi connectivity index (χ1) is 12.8. The van der Waals surface area contributed by atoms with E-state index in [2.05, 4.69) is 27.3 Å². The Balaban J connectivity index is 1.48. The topological polar surface area (TPSA) is 51.0 Å². The predicted octanol–water partition coefficient (Wildman–Crippen LogP) is 5.48. The molecule has 0 bridgehead atoms. The van der Waals surface area contributed by atoms with Gasteiger partial charge < -0.3 is 4.42 Å². The summed E-state index contributed by atoms with van der Waals surface area (Å²) in [4.78, 5) is 0.224. The summed E-state index contributed by atoms with van der Waals surface area (Å²) in [6.45, 7) is 0. The Bertz CT molecular complexity index is 748. The fourth-order valence-electron chi connectivity index (χ4n) is 5.12. The molecule has 1 atom stereocenters. The maximum atomic E-state index is 6.22. The Morgan fingerprint density at radius 2 is 1.58 bits per heavy atom. The lowest BCUT2D eigenvalue weighted by Gasteiger charge is -2.38. The maximum absolute atomic E-state index is 6.22. The standard InChI is InChI=1S/C21H27N3OS/c1-4-10-16(11-5-1)18-23-24-19(25-18)17-20(12-6-2-7-13-20)26-21(22-17)14-8-3-9-15-21/h1,4-5,10-11,17,22H,2-3,6-9,12-15H2/t17-/m1/s1. The van der Waals surface area contributed by atoms with Crippen LogP contribution in [0.4, 0.5) is 0 Å². The van der Waals surface area contributed by atoms with Crippen LogP contribution in [-0.4, -0.2) is 19.8 Å². The highest BCUT2D eigenvalue weighted by atomic mass is 32.2. The largest absolute Gasteiger partial charge is 0.419 e. The molecule has 0 amide bonds. The molecule has 1 N–H and O–H groups in total. The number of nitrogens with zero attached hydrogens (tertiary/aromatic N) is 2. The molecule has 3 fully saturated rings. The smallest absolute Gasteiger partial charge is 0.247 e. The van der Waals surface area contributed by atoms with Crippen molar-refractivity contribution in [2.45, 2.75) is 79.9 Å². The Labute approximate surface area is 159 Å². The van der Waals surface area contributed by atoms with Gasteiger partial charge in [-0.05, 0) is 37.8 Å². The van der Waals surface area contributed by atoms with Crippen molar-refractivity contribution in [2.75, 3.05) is 0 Å². The van der Waals surface area contributed by atoms with Crippen molar-refractivity contribution in [3.63, 3.8) is 0 Å². The molecule has 1 aromatic carbocycles. The monoisotopic (exact) mass is 369 g/mol. The van der Waals surface area contributed by atoms with Crippen LogP contribution in [0.5, 0.6) is 0 Å². The van der Waals surface area contributed by atoms with E-state index in [9.17, 15) is 0 Å². The molecule has 0 radical (unpaired) electrons. The summed E-state index contributed by atoms with van der Waals surface area (Å²) in [5.74, 6) is 1.43. The maximum Gasteiger partial charge on any atom is 0.247 e. The normalized spacial score (nSPS) is 27.2. The third-order valence-corrected chi connectivity index (χ3v) is 8.37. The van der Waals surface area contributed by atoms with Crippen LogP contribution in [-0.2, 0) is 0 Å². The second-order valence-corrected chi connectivity index (χ2v) is 9.97. The van der Waals surface area contributed by atoms with E-state index in [0.717, 1.165) is 11.5 Å². The Hall–Kier alpha value is -1.33. The highest BCUT2D eigenvalue weighted by Gasteiger charge is 2.57. The zero-order valence-corrected chi connectivity index (χ0v) is 16.1. The molecule has 2 heterocycles. The molecule has 138 valence electrons. The van der Waals surface area contributed by atoms with Gasteiger partial charge in [-0.3, -0.25) is 5.32 Å². The highest BCUT2D eigenvalue weighted by molar-refractivity contribution is 8.02. The Morgan fingerprint density at radius 3 is 2.31 bits per heavy atom. The van der Waals surface area contributed by atoms with Crippen LogP contribution >= 0.6 is 11.8 Å². The summed E-state index contributed by atoms with van der Waals surface area (Å²) in [7, 11) is 0. The van der Waals surface area contributed by atoms with E-state index in [-0.39, 0.29) is 15.7 Å². The van der Waals surface area contributed by atoms with Gasteiger partial charge in [-0.2, -0.15) is 0 Å². The number of hydrogen-bond donors (Lipinski definition) is 1. The van der Waals surface area contributed by atoms with Crippen molar-refractivity contribution in [1.82, 2.24) is 15.5 Å². The molecule has 3 aliphatic rings. The molecule has 26 heavy (non-hydrogen) atoms. The van der Waals surface area contributed by atoms with Gasteiger partial charge in [-0.1, -0.05) is 56.7 Å². The van der Waals surface area contributed by atoms with Gasteiger partial charge >= 0.3 is 0 Å². The minimum Gasteiger partial charge on any atom is -0.419 e. The van der Waals surface area contributed by atoms with Gasteiger partial charge in [0.1, 0.15) is 6.04 Å². The quantitative estimate of drug-likeness (QED) is 0.760. The molecular weight excluding hydrogens is 342 g/mol. The van der Waals surface area contributed by atoms with Gasteiger partial charge in [0, 0.05) is 10.3 Å². The second kappa shape index (κ2) is 6.68. The molecule has 5 rings (SSSR count). The van der Waals surface area contributed by atoms with E-state index in [1.54, 1.807) is 0 Å². The van der Waals surface area contributed by atoms with Crippen LogP contribution in [0.3, 0.4) is 0 Å². The SMILES string of the molecule is c1ccc(-c2nnc([C@H]3NC4(CCCCC4)SC34CCCCC4)o2)cc1. The number of aromatic nitrogens is 2. The summed E-state index contributed by atoms with van der Waals surface area (Å²) in [5.41, 5.74) is 1.00. The number of nitrogens with one attached hydrogen (secondary N) is 1. The zero-order valence-electron chi connectivity index (χ0n) is 15.2. The average Bonchev–Trinajstić information content (AvgIpc) is 3.28. The van der Waals surface area contributed by atoms with Crippen molar-refractivity contribution in [3.8, 4) is 11.5 Å². The zero-order chi connectivity index (χ0) is 17.5. The van der Waals surface area contributed by atoms with Crippen molar-refractivity contribution < 1.29 is 4.42 Å². The Morgan fingerprint density at radius 1 is 0.885 bits per heavy atom. The molecular formula is C21H27N3OS. The van der Waals surface area contributed by atoms with Gasteiger partial charge in [0.05, 0.1) is 4.87 Å². The van der Waals surface area contributed by atoms with Gasteiger partial charge in [-0.15, -0.1) is 22.0 Å². The second-order valence-electron chi connectivity index (χ2n) is 8.17. The van der Waals surface area contributed by atoms with Gasteiger partial charge in [0.25, 0.3) is 0 Å². The third-order valence-electron chi connectivity index (χ3n) is 6.40. The van der Waals surface area contributed by atoms with E-state index in [0.29, 0.717) is 5.89 Å². The fourth-order valence-corrected chi connectivity index (χ4v) is 7.34. The molecule has 2 saturated carbocycles. The molecule has 2 aliphatic carbocycles. The molecule has 2 spiro atoms. The number of rotatable bonds is 2. The van der Waals surface area contributed by atoms with Gasteiger partial charge in [0.15, 0.2) is 0 Å². The molecule has 2 aromatic rings. The summed E-state index contributed by atoms with van der Waals surface area (Å²) < 4.78 is 6.45. The lowest BCUT2D eigenvalue weighted by atomic mass is 9.82. The lowest BCUT2D eigenvalue weighted by molar-refractivity contribution is 0.251. The van der Waals surface area contributed by atoms with Crippen LogP contribution < -0.4 is 5.32 Å². The third kappa shape index (κ3) is 2.89. The number of benzene rings is 1. The molecule has 5 heteroatoms. The first-order valence-corrected chi connectivity index (χ1v) is 11.0. The average molecular weight is 370 g/mol. The van der Waals surface area contributed by atoms with Crippen molar-refractivity contribution >= 4 is 11.8 Å². The van der Waals surface area contributed by atoms with E-state index in [1.165, 1.54) is 64.2 Å². The van der Waals surface area contributed by atoms with E-state index < -0.39 is 0 Å². The summed E-state index contributed by atoms with van der Waals surface area (Å²) in [6, 6.07) is 10.3. The van der Waals surface area contributed by atoms with Crippen molar-refractivity contribution in [1.29, 1.82) is 0 Å². The van der Waals surface area contributed by atoms with Crippen LogP contribution in [0.15, 0.2) is 34.7 Å². The van der Waals surface area contributed by atoms with Gasteiger partial charge in [-0.25, -0.2) is 0 Å². The molecule has 0 unspecified atom stereocenters. The summed E-state index contributed by atoms with van der Waals surface area (Å²) in [5, 5.41) is 12.9. The predicted molar refractivity (Wildman–Crippen MR) is 105 cm³/mol. The molecule has 1 saturated heterocycles. The van der Waals surface area contributed by atoms with Crippen LogP contribution in [0, 0.1) is 0 Å².